The first-order valence-electron chi connectivity index (χ1n) is 21.9. The van der Waals surface area contributed by atoms with Gasteiger partial charge in [0.2, 0.25) is 0 Å². The number of hydrogen-bond donors (Lipinski definition) is 0. The summed E-state index contributed by atoms with van der Waals surface area (Å²) in [4.78, 5) is 5.15. The zero-order chi connectivity index (χ0) is 40.0. The second kappa shape index (κ2) is 13.4. The van der Waals surface area contributed by atoms with Crippen molar-refractivity contribution in [2.45, 2.75) is 50.4 Å². The fraction of sp³-hybridized carbons (Fsp3) is 0.172. The first-order chi connectivity index (χ1) is 29.5. The highest BCUT2D eigenvalue weighted by Crippen LogP contribution is 2.69. The van der Waals surface area contributed by atoms with E-state index in [0.29, 0.717) is 11.8 Å². The lowest BCUT2D eigenvalue weighted by atomic mass is 9.68. The van der Waals surface area contributed by atoms with Gasteiger partial charge in [-0.3, -0.25) is 0 Å². The molecule has 0 radical (unpaired) electrons. The van der Waals surface area contributed by atoms with E-state index in [4.69, 9.17) is 0 Å². The second-order valence-corrected chi connectivity index (χ2v) is 18.0. The van der Waals surface area contributed by atoms with Crippen LogP contribution in [0.1, 0.15) is 60.1 Å². The van der Waals surface area contributed by atoms with Crippen LogP contribution in [0.15, 0.2) is 194 Å². The molecular formula is C58H48N2. The van der Waals surface area contributed by atoms with E-state index in [1.807, 2.05) is 0 Å². The molecule has 4 aliphatic rings. The Kier molecular flexibility index (Phi) is 7.91. The summed E-state index contributed by atoms with van der Waals surface area (Å²) < 4.78 is 0. The molecule has 0 N–H and O–H groups in total. The molecule has 2 heteroatoms. The quantitative estimate of drug-likeness (QED) is 0.159. The number of benzene rings is 8. The van der Waals surface area contributed by atoms with Crippen LogP contribution < -0.4 is 9.80 Å². The average Bonchev–Trinajstić information content (AvgIpc) is 3.99. The van der Waals surface area contributed by atoms with E-state index in [2.05, 4.69) is 218 Å². The molecule has 1 spiro atoms. The van der Waals surface area contributed by atoms with Crippen LogP contribution >= 0.6 is 0 Å². The summed E-state index contributed by atoms with van der Waals surface area (Å²) in [5.74, 6) is 1.07. The topological polar surface area (TPSA) is 6.48 Å². The van der Waals surface area contributed by atoms with Gasteiger partial charge in [-0.15, -0.1) is 0 Å². The summed E-state index contributed by atoms with van der Waals surface area (Å²) in [6.07, 6.45) is 4.72. The predicted molar refractivity (Wildman–Crippen MR) is 250 cm³/mol. The van der Waals surface area contributed by atoms with Gasteiger partial charge in [0, 0.05) is 33.6 Å². The molecule has 2 nitrogen and oxygen atoms in total. The summed E-state index contributed by atoms with van der Waals surface area (Å²) in [5, 5.41) is 0. The van der Waals surface area contributed by atoms with E-state index in [1.54, 1.807) is 11.1 Å². The van der Waals surface area contributed by atoms with Crippen molar-refractivity contribution in [3.63, 3.8) is 0 Å². The van der Waals surface area contributed by atoms with Gasteiger partial charge in [-0.2, -0.15) is 0 Å². The van der Waals surface area contributed by atoms with E-state index in [-0.39, 0.29) is 10.8 Å². The van der Waals surface area contributed by atoms with Gasteiger partial charge in [0.1, 0.15) is 0 Å². The Morgan fingerprint density at radius 2 is 0.867 bits per heavy atom. The van der Waals surface area contributed by atoms with E-state index in [1.165, 1.54) is 91.5 Å². The number of fused-ring (bicyclic) bond motifs is 5. The molecule has 3 unspecified atom stereocenters. The Labute approximate surface area is 354 Å². The lowest BCUT2D eigenvalue weighted by Gasteiger charge is -2.40. The van der Waals surface area contributed by atoms with Gasteiger partial charge < -0.3 is 9.80 Å². The van der Waals surface area contributed by atoms with Gasteiger partial charge in [0.25, 0.3) is 0 Å². The van der Waals surface area contributed by atoms with Crippen LogP contribution in [0.5, 0.6) is 0 Å². The van der Waals surface area contributed by atoms with Gasteiger partial charge in [0.15, 0.2) is 0 Å². The maximum Gasteiger partial charge on any atom is 0.0505 e. The third-order valence-electron chi connectivity index (χ3n) is 14.7. The van der Waals surface area contributed by atoms with Crippen molar-refractivity contribution >= 4 is 34.1 Å². The van der Waals surface area contributed by atoms with Crippen molar-refractivity contribution in [3.05, 3.63) is 228 Å². The van der Waals surface area contributed by atoms with Gasteiger partial charge in [-0.05, 0) is 154 Å². The summed E-state index contributed by atoms with van der Waals surface area (Å²) in [7, 11) is 0. The minimum absolute atomic E-state index is 0.0945. The van der Waals surface area contributed by atoms with Crippen LogP contribution in [0.4, 0.5) is 34.1 Å². The van der Waals surface area contributed by atoms with Gasteiger partial charge in [0.05, 0.1) is 11.4 Å². The molecule has 1 saturated carbocycles. The molecule has 0 bridgehead atoms. The third-order valence-corrected chi connectivity index (χ3v) is 14.7. The SMILES string of the molecule is CC1(C)c2ccccc2-c2ccc(N(c3ccccc3)c3cccc4c3C35c6c(cccc6N(c6ccccc6)c6ccc(-c7ccccc7)cc6)CC3CCC5C4)cc21. The predicted octanol–water partition coefficient (Wildman–Crippen LogP) is 15.0. The molecule has 290 valence electrons. The van der Waals surface area contributed by atoms with Crippen molar-refractivity contribution in [1.29, 1.82) is 0 Å². The number of hydrogen-bond acceptors (Lipinski definition) is 2. The normalized spacial score (nSPS) is 19.8. The zero-order valence-corrected chi connectivity index (χ0v) is 34.4. The van der Waals surface area contributed by atoms with Crippen molar-refractivity contribution in [3.8, 4) is 22.3 Å². The molecule has 8 aromatic carbocycles. The minimum atomic E-state index is -0.117. The molecule has 4 aliphatic carbocycles. The Balaban J connectivity index is 1.07. The maximum atomic E-state index is 2.60. The molecule has 3 atom stereocenters. The molecule has 0 aromatic heterocycles. The Bertz CT molecular complexity index is 2910. The highest BCUT2D eigenvalue weighted by atomic mass is 15.2. The van der Waals surface area contributed by atoms with Crippen molar-refractivity contribution in [2.75, 3.05) is 9.80 Å². The molecule has 0 aliphatic heterocycles. The zero-order valence-electron chi connectivity index (χ0n) is 34.4. The fourth-order valence-electron chi connectivity index (χ4n) is 12.3. The second-order valence-electron chi connectivity index (χ2n) is 18.0. The van der Waals surface area contributed by atoms with Crippen LogP contribution in [0.2, 0.25) is 0 Å². The standard InChI is InChI=1S/C58H48N2/c1-57(2)51-25-13-12-24-49(51)50-35-34-48(38-52(50)57)60(46-22-10-5-11-23-46)54-27-15-19-42-37-44-31-30-43-36-41-18-14-26-53(55(41)58(43,44)56(42)54)59(45-20-8-4-9-21-45)47-32-28-40(29-33-47)39-16-6-3-7-17-39/h3-29,32-35,38,43-44H,30-31,36-37H2,1-2H3. The molecule has 12 rings (SSSR count). The third kappa shape index (κ3) is 5.07. The van der Waals surface area contributed by atoms with E-state index in [9.17, 15) is 0 Å². The fourth-order valence-corrected chi connectivity index (χ4v) is 12.3. The maximum absolute atomic E-state index is 2.60. The van der Waals surface area contributed by atoms with Gasteiger partial charge in [-0.25, -0.2) is 0 Å². The number of rotatable bonds is 7. The largest absolute Gasteiger partial charge is 0.310 e. The molecule has 0 amide bonds. The Morgan fingerprint density at radius 3 is 1.47 bits per heavy atom. The molecule has 0 saturated heterocycles. The van der Waals surface area contributed by atoms with Crippen LogP contribution in [0, 0.1) is 11.8 Å². The first kappa shape index (κ1) is 35.3. The minimum Gasteiger partial charge on any atom is -0.310 e. The van der Waals surface area contributed by atoms with E-state index in [0.717, 1.165) is 12.8 Å². The van der Waals surface area contributed by atoms with Crippen molar-refractivity contribution in [2.24, 2.45) is 11.8 Å². The average molecular weight is 773 g/mol. The summed E-state index contributed by atoms with van der Waals surface area (Å²) in [6, 6.07) is 72.8. The molecule has 0 heterocycles. The van der Waals surface area contributed by atoms with Gasteiger partial charge in [-0.1, -0.05) is 147 Å². The summed E-state index contributed by atoms with van der Waals surface area (Å²) in [5.41, 5.74) is 21.3. The van der Waals surface area contributed by atoms with Crippen molar-refractivity contribution in [1.82, 2.24) is 0 Å². The Hall–Kier alpha value is -6.64. The van der Waals surface area contributed by atoms with E-state index < -0.39 is 0 Å². The van der Waals surface area contributed by atoms with Crippen molar-refractivity contribution < 1.29 is 0 Å². The monoisotopic (exact) mass is 772 g/mol. The van der Waals surface area contributed by atoms with Crippen LogP contribution in [-0.2, 0) is 23.7 Å². The highest BCUT2D eigenvalue weighted by molar-refractivity contribution is 5.89. The first-order valence-corrected chi connectivity index (χ1v) is 21.9. The highest BCUT2D eigenvalue weighted by Gasteiger charge is 2.62. The van der Waals surface area contributed by atoms with Crippen LogP contribution in [0.3, 0.4) is 0 Å². The lowest BCUT2D eigenvalue weighted by molar-refractivity contribution is 0.350. The molecule has 1 fully saturated rings. The lowest BCUT2D eigenvalue weighted by Crippen LogP contribution is -2.34. The molecular weight excluding hydrogens is 725 g/mol. The smallest absolute Gasteiger partial charge is 0.0505 e. The van der Waals surface area contributed by atoms with E-state index >= 15 is 0 Å². The number of para-hydroxylation sites is 2. The Morgan fingerprint density at radius 1 is 0.400 bits per heavy atom. The van der Waals surface area contributed by atoms with Crippen LogP contribution in [0.25, 0.3) is 22.3 Å². The number of nitrogens with zero attached hydrogens (tertiary/aromatic N) is 2. The van der Waals surface area contributed by atoms with Crippen LogP contribution in [-0.4, -0.2) is 0 Å². The van der Waals surface area contributed by atoms with Gasteiger partial charge >= 0.3 is 0 Å². The molecule has 8 aromatic rings. The summed E-state index contributed by atoms with van der Waals surface area (Å²) >= 11 is 0. The number of anilines is 6. The molecule has 60 heavy (non-hydrogen) atoms. The summed E-state index contributed by atoms with van der Waals surface area (Å²) in [6.45, 7) is 4.79.